The van der Waals surface area contributed by atoms with Crippen LogP contribution in [0.5, 0.6) is 11.5 Å². The first kappa shape index (κ1) is 25.0. The fraction of sp³-hybridized carbons (Fsp3) is 0.333. The number of carboxylic acid groups (broad SMARTS) is 1. The van der Waals surface area contributed by atoms with Gasteiger partial charge in [-0.05, 0) is 48.6 Å². The Bertz CT molecular complexity index is 1130. The summed E-state index contributed by atoms with van der Waals surface area (Å²) >= 11 is 0. The zero-order valence-corrected chi connectivity index (χ0v) is 19.5. The van der Waals surface area contributed by atoms with E-state index in [2.05, 4.69) is 5.32 Å². The van der Waals surface area contributed by atoms with Gasteiger partial charge < -0.3 is 19.9 Å². The third kappa shape index (κ3) is 5.84. The monoisotopic (exact) mass is 467 g/mol. The van der Waals surface area contributed by atoms with Crippen molar-refractivity contribution < 1.29 is 28.6 Å². The number of amides is 1. The zero-order valence-electron chi connectivity index (χ0n) is 19.5. The van der Waals surface area contributed by atoms with Crippen molar-refractivity contribution in [2.75, 3.05) is 13.2 Å². The normalized spacial score (nSPS) is 12.7. The lowest BCUT2D eigenvalue weighted by Crippen LogP contribution is -2.54. The quantitative estimate of drug-likeness (QED) is 0.339. The lowest BCUT2D eigenvalue weighted by atomic mass is 9.89. The molecule has 1 unspecified atom stereocenters. The van der Waals surface area contributed by atoms with Gasteiger partial charge in [0.2, 0.25) is 0 Å². The molecule has 3 rings (SSSR count). The second-order valence-corrected chi connectivity index (χ2v) is 8.11. The molecule has 3 aromatic carbocycles. The molecule has 34 heavy (non-hydrogen) atoms. The predicted molar refractivity (Wildman–Crippen MR) is 129 cm³/mol. The summed E-state index contributed by atoms with van der Waals surface area (Å²) in [6, 6.07) is 16.6. The van der Waals surface area contributed by atoms with E-state index in [1.807, 2.05) is 37.3 Å². The molecule has 2 N–H and O–H groups in total. The molecule has 0 aliphatic rings. The van der Waals surface area contributed by atoms with Gasteiger partial charge in [-0.15, -0.1) is 0 Å². The molecular weight excluding hydrogens is 437 g/mol. The fourth-order valence-corrected chi connectivity index (χ4v) is 3.81. The number of nitrogens with one attached hydrogen (secondary N) is 1. The van der Waals surface area contributed by atoms with Crippen LogP contribution in [0, 0.1) is 5.82 Å². The molecule has 7 heteroatoms. The van der Waals surface area contributed by atoms with Gasteiger partial charge in [0, 0.05) is 5.39 Å². The number of aliphatic carboxylic acids is 1. The van der Waals surface area contributed by atoms with E-state index in [1.165, 1.54) is 24.3 Å². The van der Waals surface area contributed by atoms with Gasteiger partial charge in [-0.1, -0.05) is 57.0 Å². The van der Waals surface area contributed by atoms with Gasteiger partial charge >= 0.3 is 5.97 Å². The van der Waals surface area contributed by atoms with Gasteiger partial charge in [0.15, 0.2) is 0 Å². The van der Waals surface area contributed by atoms with Gasteiger partial charge in [-0.2, -0.15) is 0 Å². The Morgan fingerprint density at radius 3 is 2.35 bits per heavy atom. The summed E-state index contributed by atoms with van der Waals surface area (Å²) in [5, 5.41) is 14.3. The third-order valence-corrected chi connectivity index (χ3v) is 5.86. The Morgan fingerprint density at radius 2 is 1.68 bits per heavy atom. The maximum atomic E-state index is 13.3. The summed E-state index contributed by atoms with van der Waals surface area (Å²) in [7, 11) is 0. The molecule has 0 aliphatic heterocycles. The van der Waals surface area contributed by atoms with Crippen molar-refractivity contribution >= 4 is 22.6 Å². The Hall–Kier alpha value is -3.61. The van der Waals surface area contributed by atoms with Crippen LogP contribution in [0.15, 0.2) is 60.7 Å². The second kappa shape index (κ2) is 11.5. The molecule has 1 atom stereocenters. The highest BCUT2D eigenvalue weighted by Gasteiger charge is 2.38. The van der Waals surface area contributed by atoms with Crippen LogP contribution in [0.4, 0.5) is 4.39 Å². The molecule has 0 aromatic heterocycles. The minimum Gasteiger partial charge on any atom is -0.490 e. The fourth-order valence-electron chi connectivity index (χ4n) is 3.81. The average Bonchev–Trinajstić information content (AvgIpc) is 2.85. The molecule has 0 radical (unpaired) electrons. The van der Waals surface area contributed by atoms with Crippen molar-refractivity contribution in [3.05, 3.63) is 72.0 Å². The van der Waals surface area contributed by atoms with E-state index >= 15 is 0 Å². The average molecular weight is 468 g/mol. The third-order valence-electron chi connectivity index (χ3n) is 5.86. The second-order valence-electron chi connectivity index (χ2n) is 8.11. The largest absolute Gasteiger partial charge is 0.490 e. The number of unbranched alkanes of at least 4 members (excludes halogenated alkanes) is 1. The number of carbonyl (C=O) groups is 2. The predicted octanol–water partition coefficient (Wildman–Crippen LogP) is 5.59. The SMILES string of the molecule is CCCCC(CC)(NC(=O)c1ccc2ccccc2c1OCCOc1ccc(F)cc1)C(=O)O. The maximum Gasteiger partial charge on any atom is 0.329 e. The molecule has 0 heterocycles. The number of ether oxygens (including phenoxy) is 2. The van der Waals surface area contributed by atoms with Gasteiger partial charge in [-0.3, -0.25) is 4.79 Å². The van der Waals surface area contributed by atoms with Crippen LogP contribution in [0.1, 0.15) is 49.9 Å². The van der Waals surface area contributed by atoms with Gasteiger partial charge in [0.1, 0.15) is 36.1 Å². The van der Waals surface area contributed by atoms with E-state index in [4.69, 9.17) is 9.47 Å². The van der Waals surface area contributed by atoms with Crippen molar-refractivity contribution in [2.24, 2.45) is 0 Å². The lowest BCUT2D eigenvalue weighted by Gasteiger charge is -2.30. The van der Waals surface area contributed by atoms with Gasteiger partial charge in [0.05, 0.1) is 5.56 Å². The lowest BCUT2D eigenvalue weighted by molar-refractivity contribution is -0.145. The van der Waals surface area contributed by atoms with Crippen molar-refractivity contribution in [1.29, 1.82) is 0 Å². The number of carbonyl (C=O) groups excluding carboxylic acids is 1. The van der Waals surface area contributed by atoms with Crippen LogP contribution in [-0.2, 0) is 4.79 Å². The number of rotatable bonds is 12. The molecule has 0 aliphatic carbocycles. The smallest absolute Gasteiger partial charge is 0.329 e. The molecule has 3 aromatic rings. The summed E-state index contributed by atoms with van der Waals surface area (Å²) in [5.41, 5.74) is -1.09. The van der Waals surface area contributed by atoms with Crippen molar-refractivity contribution in [3.63, 3.8) is 0 Å². The first-order valence-electron chi connectivity index (χ1n) is 11.5. The summed E-state index contributed by atoms with van der Waals surface area (Å²) < 4.78 is 24.7. The number of halogens is 1. The minimum atomic E-state index is -1.35. The highest BCUT2D eigenvalue weighted by molar-refractivity contribution is 6.05. The summed E-state index contributed by atoms with van der Waals surface area (Å²) in [6.45, 7) is 4.06. The number of fused-ring (bicyclic) bond motifs is 1. The Morgan fingerprint density at radius 1 is 0.971 bits per heavy atom. The first-order valence-corrected chi connectivity index (χ1v) is 11.5. The number of hydrogen-bond acceptors (Lipinski definition) is 4. The Labute approximate surface area is 198 Å². The summed E-state index contributed by atoms with van der Waals surface area (Å²) in [5.74, 6) is -1.03. The topological polar surface area (TPSA) is 84.9 Å². The Balaban J connectivity index is 1.83. The van der Waals surface area contributed by atoms with Crippen LogP contribution in [0.2, 0.25) is 0 Å². The van der Waals surface area contributed by atoms with Crippen molar-refractivity contribution in [1.82, 2.24) is 5.32 Å². The van der Waals surface area contributed by atoms with E-state index in [0.29, 0.717) is 24.3 Å². The van der Waals surface area contributed by atoms with Crippen molar-refractivity contribution in [3.8, 4) is 11.5 Å². The standard InChI is InChI=1S/C27H30FNO5/c1-3-5-16-27(4-2,26(31)32)29-25(30)23-15-10-19-8-6-7-9-22(19)24(23)34-18-17-33-21-13-11-20(28)12-14-21/h6-15H,3-5,16-18H2,1-2H3,(H,29,30)(H,31,32). The molecule has 1 amide bonds. The minimum absolute atomic E-state index is 0.138. The molecule has 0 bridgehead atoms. The highest BCUT2D eigenvalue weighted by atomic mass is 19.1. The number of benzene rings is 3. The molecule has 180 valence electrons. The van der Waals surface area contributed by atoms with Crippen molar-refractivity contribution in [2.45, 2.75) is 45.1 Å². The molecule has 6 nitrogen and oxygen atoms in total. The van der Waals surface area contributed by atoms with Crippen LogP contribution in [0.25, 0.3) is 10.8 Å². The van der Waals surface area contributed by atoms with Gasteiger partial charge in [-0.25, -0.2) is 9.18 Å². The van der Waals surface area contributed by atoms with E-state index in [-0.39, 0.29) is 31.0 Å². The van der Waals surface area contributed by atoms with Crippen LogP contribution in [0.3, 0.4) is 0 Å². The summed E-state index contributed by atoms with van der Waals surface area (Å²) in [4.78, 5) is 25.4. The molecule has 0 saturated heterocycles. The molecule has 0 spiro atoms. The molecule has 0 saturated carbocycles. The van der Waals surface area contributed by atoms with E-state index in [0.717, 1.165) is 17.2 Å². The highest BCUT2D eigenvalue weighted by Crippen LogP contribution is 2.31. The van der Waals surface area contributed by atoms with E-state index in [9.17, 15) is 19.1 Å². The van der Waals surface area contributed by atoms with Crippen LogP contribution in [-0.4, -0.2) is 35.7 Å². The number of carboxylic acids is 1. The van der Waals surface area contributed by atoms with Crippen LogP contribution >= 0.6 is 0 Å². The zero-order chi connectivity index (χ0) is 24.6. The Kier molecular flexibility index (Phi) is 8.46. The molecule has 0 fully saturated rings. The van der Waals surface area contributed by atoms with Crippen LogP contribution < -0.4 is 14.8 Å². The van der Waals surface area contributed by atoms with E-state index in [1.54, 1.807) is 13.0 Å². The summed E-state index contributed by atoms with van der Waals surface area (Å²) in [6.07, 6.45) is 2.12. The number of hydrogen-bond donors (Lipinski definition) is 2. The molecular formula is C27H30FNO5. The first-order chi connectivity index (χ1) is 16.4. The van der Waals surface area contributed by atoms with Gasteiger partial charge in [0.25, 0.3) is 5.91 Å². The maximum absolute atomic E-state index is 13.3. The van der Waals surface area contributed by atoms with E-state index < -0.39 is 17.4 Å².